The number of phenols is 1. The number of benzene rings is 3. The van der Waals surface area contributed by atoms with Crippen LogP contribution in [0.15, 0.2) is 78.0 Å². The van der Waals surface area contributed by atoms with Gasteiger partial charge in [0, 0.05) is 89.3 Å². The molecule has 0 aromatic heterocycles. The van der Waals surface area contributed by atoms with Gasteiger partial charge in [0.05, 0.1) is 67.1 Å². The maximum Gasteiger partial charge on any atom is 0.410 e. The maximum absolute atomic E-state index is 14.9. The lowest BCUT2D eigenvalue weighted by Gasteiger charge is -2.41. The predicted molar refractivity (Wildman–Crippen MR) is 421 cm³/mol. The molecular formula is C81H124N12O19. The number of nitrogens with one attached hydrogen (secondary N) is 6. The summed E-state index contributed by atoms with van der Waals surface area (Å²) in [6.07, 6.45) is -1.11. The Morgan fingerprint density at radius 2 is 1.39 bits per heavy atom. The van der Waals surface area contributed by atoms with E-state index in [1.807, 2.05) is 66.7 Å². The van der Waals surface area contributed by atoms with Crippen LogP contribution >= 0.6 is 0 Å². The van der Waals surface area contributed by atoms with Crippen LogP contribution in [0, 0.1) is 41.4 Å². The van der Waals surface area contributed by atoms with E-state index in [0.29, 0.717) is 48.2 Å². The molecule has 10 amide bonds. The number of ketones is 2. The normalized spacial score (nSPS) is 16.6. The van der Waals surface area contributed by atoms with Crippen molar-refractivity contribution in [3.63, 3.8) is 0 Å². The van der Waals surface area contributed by atoms with Crippen molar-refractivity contribution in [1.82, 2.24) is 41.3 Å². The molecule has 0 spiro atoms. The fourth-order valence-electron chi connectivity index (χ4n) is 14.1. The van der Waals surface area contributed by atoms with Gasteiger partial charge in [0.25, 0.3) is 5.91 Å². The molecule has 1 fully saturated rings. The minimum absolute atomic E-state index is 0.0805. The molecule has 1 heterocycles. The summed E-state index contributed by atoms with van der Waals surface area (Å²) in [6.45, 7) is 23.1. The molecule has 112 heavy (non-hydrogen) atoms. The van der Waals surface area contributed by atoms with E-state index in [0.717, 1.165) is 6.21 Å². The van der Waals surface area contributed by atoms with Crippen LogP contribution in [0.5, 0.6) is 5.75 Å². The van der Waals surface area contributed by atoms with E-state index in [1.54, 1.807) is 101 Å². The number of likely N-dealkylation sites (N-methyl/N-ethyl adjacent to an activating group) is 2. The number of carboxylic acid groups (broad SMARTS) is 1. The molecular weight excluding hydrogens is 1440 g/mol. The number of phenolic OH excluding ortho intramolecular Hbond substituents is 1. The lowest BCUT2D eigenvalue weighted by molar-refractivity contribution is -0.149. The zero-order chi connectivity index (χ0) is 84.0. The molecule has 0 radical (unpaired) electrons. The number of anilines is 1. The largest absolute Gasteiger partial charge is 0.507 e. The Hall–Kier alpha value is -9.59. The molecule has 1 aliphatic heterocycles. The van der Waals surface area contributed by atoms with Crippen molar-refractivity contribution in [2.75, 3.05) is 53.3 Å². The number of primary amides is 2. The van der Waals surface area contributed by atoms with Crippen LogP contribution in [-0.2, 0) is 80.0 Å². The van der Waals surface area contributed by atoms with Crippen LogP contribution in [0.1, 0.15) is 183 Å². The highest BCUT2D eigenvalue weighted by molar-refractivity contribution is 5.98. The van der Waals surface area contributed by atoms with Gasteiger partial charge in [-0.1, -0.05) is 122 Å². The molecule has 1 saturated heterocycles. The number of methoxy groups -OCH3 is 2. The van der Waals surface area contributed by atoms with E-state index in [4.69, 9.17) is 30.5 Å². The second kappa shape index (κ2) is 45.8. The predicted octanol–water partition coefficient (Wildman–Crippen LogP) is 6.66. The van der Waals surface area contributed by atoms with Crippen LogP contribution in [0.25, 0.3) is 0 Å². The second-order valence-electron chi connectivity index (χ2n) is 31.3. The van der Waals surface area contributed by atoms with Gasteiger partial charge in [-0.05, 0) is 131 Å². The van der Waals surface area contributed by atoms with Crippen LogP contribution in [0.2, 0.25) is 0 Å². The molecule has 1 aliphatic rings. The summed E-state index contributed by atoms with van der Waals surface area (Å²) in [5.74, 6) is -10.00. The molecule has 0 unspecified atom stereocenters. The van der Waals surface area contributed by atoms with Gasteiger partial charge in [-0.25, -0.2) is 9.59 Å². The van der Waals surface area contributed by atoms with Gasteiger partial charge in [0.15, 0.2) is 18.2 Å². The van der Waals surface area contributed by atoms with E-state index in [-0.39, 0.29) is 111 Å². The average molecular weight is 1570 g/mol. The van der Waals surface area contributed by atoms with E-state index >= 15 is 0 Å². The Labute approximate surface area is 658 Å². The fourth-order valence-corrected chi connectivity index (χ4v) is 14.1. The summed E-state index contributed by atoms with van der Waals surface area (Å²) < 4.78 is 17.8. The van der Waals surface area contributed by atoms with Gasteiger partial charge in [-0.15, -0.1) is 0 Å². The third-order valence-electron chi connectivity index (χ3n) is 20.5. The molecule has 0 bridgehead atoms. The first-order valence-corrected chi connectivity index (χ1v) is 38.5. The van der Waals surface area contributed by atoms with Gasteiger partial charge in [-0.2, -0.15) is 0 Å². The van der Waals surface area contributed by atoms with Crippen molar-refractivity contribution in [3.05, 3.63) is 95.1 Å². The Kier molecular flexibility index (Phi) is 38.8. The Bertz CT molecular complexity index is 3650. The lowest BCUT2D eigenvalue weighted by atomic mass is 9.83. The van der Waals surface area contributed by atoms with Crippen LogP contribution in [0.3, 0.4) is 0 Å². The number of likely N-dealkylation sites (tertiary alicyclic amines) is 1. The summed E-state index contributed by atoms with van der Waals surface area (Å²) in [7, 11) is 6.13. The number of carboxylic acids is 1. The number of nitrogens with zero attached hydrogens (tertiary/aromatic N) is 4. The van der Waals surface area contributed by atoms with Gasteiger partial charge >= 0.3 is 18.1 Å². The van der Waals surface area contributed by atoms with Gasteiger partial charge in [0.1, 0.15) is 24.4 Å². The SMILES string of the molecule is CC[C@H](C)[C@@H]([C@@H](CC(=O)N1CCC[C@H]1[C@H](OC)[C@@H](C)C(=O)N[C@H](C)[C@@H](O)c1ccccc1)OC)N(C)C(=O)[C@@H](CC(=O)[C@H](C(C)C)N(C)C(=O)OCc1ccc(NC(=O)[C@H](CCCNC(N)=O)CC(=O)[C@@H](NC(=O)CC[C@H](NC(=O)CON=Cc2cc(C[C@H](NC(C)(C)C)C(=O)O)ccc2O)C(N)=O)C(C)C)cc1)C(C)C. The van der Waals surface area contributed by atoms with Gasteiger partial charge in [0.2, 0.25) is 35.4 Å². The number of aliphatic carboxylic acids is 1. The lowest BCUT2D eigenvalue weighted by Crippen LogP contribution is -2.55. The summed E-state index contributed by atoms with van der Waals surface area (Å²) >= 11 is 0. The quantitative estimate of drug-likeness (QED) is 0.0160. The average Bonchev–Trinajstić information content (AvgIpc) is 1.36. The number of carbonyl (C=O) groups excluding carboxylic acids is 11. The van der Waals surface area contributed by atoms with E-state index in [2.05, 4.69) is 37.1 Å². The van der Waals surface area contributed by atoms with Crippen molar-refractivity contribution in [3.8, 4) is 5.75 Å². The van der Waals surface area contributed by atoms with E-state index in [1.165, 1.54) is 38.3 Å². The molecule has 4 rings (SSSR count). The number of rotatable bonds is 47. The topological polar surface area (TPSA) is 449 Å². The Morgan fingerprint density at radius 1 is 0.741 bits per heavy atom. The first kappa shape index (κ1) is 94.8. The van der Waals surface area contributed by atoms with Gasteiger partial charge in [-0.3, -0.25) is 53.3 Å². The van der Waals surface area contributed by atoms with Crippen molar-refractivity contribution in [2.45, 2.75) is 233 Å². The highest BCUT2D eigenvalue weighted by Gasteiger charge is 2.44. The molecule has 14 atom stereocenters. The standard InChI is InChI=1S/C81H124N12O19/c1-18-49(8)71(65(109-16)42-68(99)93-37-23-27-61(93)73(110-17)50(9)75(102)86-51(10)72(100)54-24-20-19-21-25-54)91(14)77(104)58(46(2)3)41-64(96)70(48(6)7)92(15)80(108)111-44-52-28-31-57(32-29-52)87-76(103)55(26-22-36-84-79(83)107)40-63(95)69(47(4)5)89-66(97)35-33-59(74(82)101)88-67(98)45-112-85-43-56-38-53(30-34-62(56)94)39-60(78(105)106)90-81(11,12)13/h19-21,24-25,28-32,34,38,43,46-51,55,58-61,65,69-73,90,94,100H,18,22-23,26-27,33,35-37,39-42,44-45H2,1-17H3,(H2,82,101)(H,86,102)(H,87,103)(H,88,98)(H,89,97)(H,105,106)(H3,83,84,107)/t49-,50+,51+,55+,58-,59-,60-,61-,65+,69-,70-,71-,72+,73+/m0/s1. The number of carbonyl (C=O) groups is 12. The molecule has 31 heteroatoms. The van der Waals surface area contributed by atoms with Crippen molar-refractivity contribution >= 4 is 82.9 Å². The number of nitrogens with two attached hydrogens (primary N) is 2. The highest BCUT2D eigenvalue weighted by atomic mass is 16.6. The van der Waals surface area contributed by atoms with Crippen molar-refractivity contribution in [2.24, 2.45) is 58.0 Å². The Balaban J connectivity index is 1.36. The second-order valence-corrected chi connectivity index (χ2v) is 31.3. The molecule has 31 nitrogen and oxygen atoms in total. The number of oxime groups is 1. The fraction of sp³-hybridized carbons (Fsp3) is 0.617. The third kappa shape index (κ3) is 29.8. The monoisotopic (exact) mass is 1570 g/mol. The zero-order valence-electron chi connectivity index (χ0n) is 68.2. The number of hydrogen-bond donors (Lipinski definition) is 11. The maximum atomic E-state index is 14.9. The summed E-state index contributed by atoms with van der Waals surface area (Å²) in [6, 6.07) is 12.9. The molecule has 622 valence electrons. The first-order valence-electron chi connectivity index (χ1n) is 38.5. The van der Waals surface area contributed by atoms with Gasteiger partial charge < -0.3 is 87.1 Å². The number of aliphatic hydroxyl groups is 1. The van der Waals surface area contributed by atoms with Crippen LogP contribution in [0.4, 0.5) is 15.3 Å². The molecule has 3 aromatic rings. The highest BCUT2D eigenvalue weighted by Crippen LogP contribution is 2.33. The van der Waals surface area contributed by atoms with Crippen molar-refractivity contribution in [1.29, 1.82) is 0 Å². The third-order valence-corrected chi connectivity index (χ3v) is 20.5. The first-order chi connectivity index (χ1) is 52.6. The van der Waals surface area contributed by atoms with E-state index in [9.17, 15) is 72.9 Å². The molecule has 0 saturated carbocycles. The molecule has 13 N–H and O–H groups in total. The number of aliphatic hydroxyl groups excluding tert-OH is 1. The minimum Gasteiger partial charge on any atom is -0.507 e. The summed E-state index contributed by atoms with van der Waals surface area (Å²) in [5.41, 5.74) is 12.6. The summed E-state index contributed by atoms with van der Waals surface area (Å²) in [5, 5.41) is 51.2. The summed E-state index contributed by atoms with van der Waals surface area (Å²) in [4.78, 5) is 172. The number of hydrogen-bond acceptors (Lipinski definition) is 20. The zero-order valence-corrected chi connectivity index (χ0v) is 68.2. The van der Waals surface area contributed by atoms with E-state index < -0.39 is 150 Å². The number of aromatic hydroxyl groups is 1. The Morgan fingerprint density at radius 3 is 1.96 bits per heavy atom. The molecule has 0 aliphatic carbocycles. The van der Waals surface area contributed by atoms with Crippen LogP contribution in [-0.4, -0.2) is 215 Å². The molecule has 3 aromatic carbocycles. The minimum atomic E-state index is -1.35. The number of Topliss-reactive ketones (excluding diaryl/α,β-unsaturated/α-hetero) is 2. The number of urea groups is 1. The number of amides is 10. The van der Waals surface area contributed by atoms with Crippen LogP contribution < -0.4 is 43.4 Å². The smallest absolute Gasteiger partial charge is 0.410 e. The number of ether oxygens (including phenoxy) is 3. The van der Waals surface area contributed by atoms with Crippen molar-refractivity contribution < 1.29 is 91.9 Å².